The zero-order valence-corrected chi connectivity index (χ0v) is 19.4. The van der Waals surface area contributed by atoms with Crippen LogP contribution >= 0.6 is 0 Å². The number of nitrogens with zero attached hydrogens (tertiary/aromatic N) is 5. The van der Waals surface area contributed by atoms with Crippen LogP contribution in [-0.2, 0) is 6.54 Å². The lowest BCUT2D eigenvalue weighted by Gasteiger charge is -2.35. The number of nitrogens with one attached hydrogen (secondary N) is 2. The zero-order valence-electron chi connectivity index (χ0n) is 19.4. The first kappa shape index (κ1) is 22.1. The highest BCUT2D eigenvalue weighted by Crippen LogP contribution is 2.24. The summed E-state index contributed by atoms with van der Waals surface area (Å²) in [5.41, 5.74) is 1.72. The lowest BCUT2D eigenvalue weighted by Crippen LogP contribution is -2.50. The maximum Gasteiger partial charge on any atom is 0.255 e. The smallest absolute Gasteiger partial charge is 0.255 e. The maximum absolute atomic E-state index is 12.9. The van der Waals surface area contributed by atoms with Crippen molar-refractivity contribution in [3.05, 3.63) is 58.6 Å². The molecule has 0 spiro atoms. The van der Waals surface area contributed by atoms with E-state index in [0.717, 1.165) is 43.4 Å². The van der Waals surface area contributed by atoms with Crippen LogP contribution in [0, 0.1) is 5.41 Å². The monoisotopic (exact) mass is 435 g/mol. The molecular weight excluding hydrogens is 402 g/mol. The Kier molecular flexibility index (Phi) is 6.32. The summed E-state index contributed by atoms with van der Waals surface area (Å²) in [5.74, 6) is 2.35. The summed E-state index contributed by atoms with van der Waals surface area (Å²) in [6, 6.07) is 11.5. The molecule has 0 fully saturated rings. The normalized spacial score (nSPS) is 16.2. The zero-order chi connectivity index (χ0) is 22.7. The molecule has 0 atom stereocenters. The molecule has 2 aliphatic rings. The van der Waals surface area contributed by atoms with E-state index in [1.807, 2.05) is 36.4 Å². The number of guanidine groups is 1. The molecule has 0 unspecified atom stereocenters. The molecule has 1 aromatic carbocycles. The lowest BCUT2D eigenvalue weighted by atomic mass is 9.93. The molecule has 170 valence electrons. The highest BCUT2D eigenvalue weighted by Gasteiger charge is 2.26. The molecule has 2 aliphatic heterocycles. The minimum atomic E-state index is -0.0209. The topological polar surface area (TPSA) is 77.8 Å². The van der Waals surface area contributed by atoms with Gasteiger partial charge in [0.2, 0.25) is 5.95 Å². The minimum absolute atomic E-state index is 0.0209. The third-order valence-corrected chi connectivity index (χ3v) is 5.61. The van der Waals surface area contributed by atoms with Gasteiger partial charge in [0.1, 0.15) is 5.82 Å². The van der Waals surface area contributed by atoms with Gasteiger partial charge in [0.25, 0.3) is 5.56 Å². The van der Waals surface area contributed by atoms with Gasteiger partial charge in [0.15, 0.2) is 5.96 Å². The molecule has 0 amide bonds. The minimum Gasteiger partial charge on any atom is -0.355 e. The number of benzene rings is 1. The Labute approximate surface area is 189 Å². The van der Waals surface area contributed by atoms with Crippen LogP contribution in [0.2, 0.25) is 0 Å². The van der Waals surface area contributed by atoms with E-state index >= 15 is 0 Å². The lowest BCUT2D eigenvalue weighted by molar-refractivity contribution is 0.241. The molecular formula is C24H33N7O. The Morgan fingerprint density at radius 2 is 1.97 bits per heavy atom. The van der Waals surface area contributed by atoms with E-state index in [4.69, 9.17) is 4.98 Å². The van der Waals surface area contributed by atoms with E-state index in [9.17, 15) is 4.79 Å². The van der Waals surface area contributed by atoms with Gasteiger partial charge < -0.3 is 15.5 Å². The fourth-order valence-corrected chi connectivity index (χ4v) is 4.33. The van der Waals surface area contributed by atoms with Crippen LogP contribution in [-0.4, -0.2) is 60.7 Å². The average molecular weight is 436 g/mol. The molecule has 2 aromatic rings. The number of anilines is 1. The summed E-state index contributed by atoms with van der Waals surface area (Å²) in [5, 5.41) is 6.89. The largest absolute Gasteiger partial charge is 0.355 e. The van der Waals surface area contributed by atoms with Crippen molar-refractivity contribution in [3.63, 3.8) is 0 Å². The Hall–Kier alpha value is -3.13. The summed E-state index contributed by atoms with van der Waals surface area (Å²) in [6.07, 6.45) is 2.93. The summed E-state index contributed by atoms with van der Waals surface area (Å²) < 4.78 is 1.76. The second kappa shape index (κ2) is 9.16. The van der Waals surface area contributed by atoms with Crippen molar-refractivity contribution in [1.82, 2.24) is 25.1 Å². The van der Waals surface area contributed by atoms with E-state index in [2.05, 4.69) is 53.4 Å². The van der Waals surface area contributed by atoms with Gasteiger partial charge in [-0.15, -0.1) is 0 Å². The van der Waals surface area contributed by atoms with Gasteiger partial charge >= 0.3 is 0 Å². The van der Waals surface area contributed by atoms with Gasteiger partial charge in [0, 0.05) is 37.8 Å². The molecule has 0 bridgehead atoms. The second-order valence-electron chi connectivity index (χ2n) is 9.46. The van der Waals surface area contributed by atoms with E-state index in [1.54, 1.807) is 10.6 Å². The van der Waals surface area contributed by atoms with Gasteiger partial charge in [-0.3, -0.25) is 14.3 Å². The Bertz CT molecular complexity index is 1070. The molecule has 1 aromatic heterocycles. The highest BCUT2D eigenvalue weighted by molar-refractivity contribution is 5.83. The van der Waals surface area contributed by atoms with E-state index in [-0.39, 0.29) is 11.0 Å². The van der Waals surface area contributed by atoms with Crippen molar-refractivity contribution in [2.24, 2.45) is 10.4 Å². The molecule has 0 saturated heterocycles. The number of fused-ring (bicyclic) bond motifs is 1. The fourth-order valence-electron chi connectivity index (χ4n) is 4.33. The van der Waals surface area contributed by atoms with E-state index in [0.29, 0.717) is 24.7 Å². The first-order valence-electron chi connectivity index (χ1n) is 11.2. The van der Waals surface area contributed by atoms with Crippen LogP contribution in [0.4, 0.5) is 5.95 Å². The van der Waals surface area contributed by atoms with Gasteiger partial charge in [-0.05, 0) is 32.0 Å². The van der Waals surface area contributed by atoms with Crippen molar-refractivity contribution in [2.45, 2.75) is 26.8 Å². The second-order valence-corrected chi connectivity index (χ2v) is 9.46. The molecule has 8 heteroatoms. The summed E-state index contributed by atoms with van der Waals surface area (Å²) >= 11 is 0. The predicted octanol–water partition coefficient (Wildman–Crippen LogP) is 2.10. The SMILES string of the molecule is CN(C)CC(C)(C)CNC1=NCC=C(N2CCCn3c2nc(-c2ccccc2)cc3=O)N1. The Balaban J connectivity index is 1.54. The summed E-state index contributed by atoms with van der Waals surface area (Å²) in [7, 11) is 4.18. The van der Waals surface area contributed by atoms with E-state index in [1.165, 1.54) is 0 Å². The van der Waals surface area contributed by atoms with Crippen LogP contribution in [0.25, 0.3) is 11.3 Å². The number of aliphatic imine (C=N–C) groups is 1. The van der Waals surface area contributed by atoms with Crippen molar-refractivity contribution in [3.8, 4) is 11.3 Å². The van der Waals surface area contributed by atoms with E-state index < -0.39 is 0 Å². The van der Waals surface area contributed by atoms with Crippen molar-refractivity contribution in [2.75, 3.05) is 45.2 Å². The van der Waals surface area contributed by atoms with Crippen LogP contribution in [0.5, 0.6) is 0 Å². The molecule has 0 radical (unpaired) electrons. The van der Waals surface area contributed by atoms with Crippen molar-refractivity contribution in [1.29, 1.82) is 0 Å². The van der Waals surface area contributed by atoms with Crippen LogP contribution in [0.15, 0.2) is 58.1 Å². The third kappa shape index (κ3) is 5.02. The number of rotatable bonds is 6. The number of hydrogen-bond donors (Lipinski definition) is 2. The van der Waals surface area contributed by atoms with Crippen molar-refractivity contribution >= 4 is 11.9 Å². The van der Waals surface area contributed by atoms with Crippen LogP contribution < -0.4 is 21.1 Å². The molecule has 32 heavy (non-hydrogen) atoms. The molecule has 3 heterocycles. The Morgan fingerprint density at radius 3 is 2.72 bits per heavy atom. The average Bonchev–Trinajstić information content (AvgIpc) is 2.77. The third-order valence-electron chi connectivity index (χ3n) is 5.61. The van der Waals surface area contributed by atoms with Gasteiger partial charge in [-0.2, -0.15) is 0 Å². The molecule has 2 N–H and O–H groups in total. The molecule has 4 rings (SSSR count). The van der Waals surface area contributed by atoms with Crippen molar-refractivity contribution < 1.29 is 0 Å². The summed E-state index contributed by atoms with van der Waals surface area (Å²) in [4.78, 5) is 26.6. The predicted molar refractivity (Wildman–Crippen MR) is 130 cm³/mol. The molecule has 0 saturated carbocycles. The first-order valence-corrected chi connectivity index (χ1v) is 11.2. The first-order chi connectivity index (χ1) is 15.3. The fraction of sp³-hybridized carbons (Fsp3) is 0.458. The number of hydrogen-bond acceptors (Lipinski definition) is 7. The van der Waals surface area contributed by atoms with Gasteiger partial charge in [-0.1, -0.05) is 44.2 Å². The standard InChI is InChI=1S/C24H33N7O/c1-24(2,17-29(3)4)16-26-22-25-12-11-20(28-22)30-13-8-14-31-21(32)15-19(27-23(30)31)18-9-6-5-7-10-18/h5-7,9-11,15H,8,12-14,16-17H2,1-4H3,(H2,25,26,28). The summed E-state index contributed by atoms with van der Waals surface area (Å²) in [6.45, 7) is 8.31. The van der Waals surface area contributed by atoms with Gasteiger partial charge in [0.05, 0.1) is 12.2 Å². The highest BCUT2D eigenvalue weighted by atomic mass is 16.1. The molecule has 8 nitrogen and oxygen atoms in total. The quantitative estimate of drug-likeness (QED) is 0.724. The van der Waals surface area contributed by atoms with Crippen LogP contribution in [0.3, 0.4) is 0 Å². The van der Waals surface area contributed by atoms with Crippen LogP contribution in [0.1, 0.15) is 20.3 Å². The van der Waals surface area contributed by atoms with Gasteiger partial charge in [-0.25, -0.2) is 9.98 Å². The maximum atomic E-state index is 12.9. The Morgan fingerprint density at radius 1 is 1.19 bits per heavy atom. The number of aromatic nitrogens is 2. The molecule has 0 aliphatic carbocycles.